The van der Waals surface area contributed by atoms with E-state index in [1.54, 1.807) is 23.5 Å². The number of hydrogen-bond acceptors (Lipinski definition) is 6. The number of amides is 1. The summed E-state index contributed by atoms with van der Waals surface area (Å²) in [5.41, 5.74) is 1.90. The number of hydrogen-bond donors (Lipinski definition) is 0. The Balaban J connectivity index is 1.14. The molecule has 0 radical (unpaired) electrons. The van der Waals surface area contributed by atoms with Crippen molar-refractivity contribution >= 4 is 39.1 Å². The van der Waals surface area contributed by atoms with Crippen LogP contribution in [0.1, 0.15) is 36.1 Å². The molecule has 0 saturated carbocycles. The second-order valence-corrected chi connectivity index (χ2v) is 9.19. The topological polar surface area (TPSA) is 72.1 Å². The lowest BCUT2D eigenvalue weighted by Crippen LogP contribution is -2.38. The van der Waals surface area contributed by atoms with E-state index in [2.05, 4.69) is 22.3 Å². The summed E-state index contributed by atoms with van der Waals surface area (Å²) >= 11 is 7.69. The van der Waals surface area contributed by atoms with E-state index in [0.29, 0.717) is 35.5 Å². The highest BCUT2D eigenvalue weighted by atomic mass is 35.5. The predicted molar refractivity (Wildman–Crippen MR) is 121 cm³/mol. The molecule has 0 spiro atoms. The fraction of sp³-hybridized carbons (Fsp3) is 0.304. The number of nitrogens with zero attached hydrogens (tertiary/aromatic N) is 4. The molecule has 1 fully saturated rings. The molecule has 0 aliphatic carbocycles. The summed E-state index contributed by atoms with van der Waals surface area (Å²) in [5, 5.41) is 5.85. The second kappa shape index (κ2) is 8.77. The van der Waals surface area contributed by atoms with Crippen molar-refractivity contribution in [2.45, 2.75) is 31.6 Å². The van der Waals surface area contributed by atoms with Crippen molar-refractivity contribution in [3.63, 3.8) is 0 Å². The molecule has 31 heavy (non-hydrogen) atoms. The monoisotopic (exact) mass is 452 g/mol. The highest BCUT2D eigenvalue weighted by Gasteiger charge is 2.26. The number of benzene rings is 2. The van der Waals surface area contributed by atoms with E-state index in [0.717, 1.165) is 37.0 Å². The van der Waals surface area contributed by atoms with E-state index >= 15 is 0 Å². The summed E-state index contributed by atoms with van der Waals surface area (Å²) in [4.78, 5) is 23.8. The summed E-state index contributed by atoms with van der Waals surface area (Å²) in [5.74, 6) is 1.55. The Morgan fingerprint density at radius 2 is 1.87 bits per heavy atom. The molecule has 158 valence electrons. The fourth-order valence-corrected chi connectivity index (χ4v) is 5.15. The van der Waals surface area contributed by atoms with Crippen molar-refractivity contribution in [1.82, 2.24) is 20.0 Å². The molecule has 5 rings (SSSR count). The van der Waals surface area contributed by atoms with Crippen LogP contribution in [-0.2, 0) is 11.2 Å². The molecule has 8 heteroatoms. The molecule has 2 aromatic heterocycles. The minimum atomic E-state index is 0.133. The van der Waals surface area contributed by atoms with E-state index in [9.17, 15) is 4.79 Å². The lowest BCUT2D eigenvalue weighted by Gasteiger charge is -2.31. The number of likely N-dealkylation sites (tertiary alicyclic amines) is 1. The number of fused-ring (bicyclic) bond motifs is 1. The summed E-state index contributed by atoms with van der Waals surface area (Å²) in [6.45, 7) is 1.53. The van der Waals surface area contributed by atoms with Gasteiger partial charge < -0.3 is 9.42 Å². The number of carbonyl (C=O) groups excluding carboxylic acids is 1. The van der Waals surface area contributed by atoms with E-state index in [4.69, 9.17) is 21.1 Å². The zero-order valence-corrected chi connectivity index (χ0v) is 18.4. The zero-order valence-electron chi connectivity index (χ0n) is 16.8. The van der Waals surface area contributed by atoms with E-state index < -0.39 is 0 Å². The Kier molecular flexibility index (Phi) is 5.70. The third-order valence-corrected chi connectivity index (χ3v) is 7.08. The normalized spacial score (nSPS) is 14.9. The van der Waals surface area contributed by atoms with Crippen molar-refractivity contribution in [2.24, 2.45) is 0 Å². The van der Waals surface area contributed by atoms with Crippen LogP contribution in [0.15, 0.2) is 53.1 Å². The second-order valence-electron chi connectivity index (χ2n) is 7.69. The summed E-state index contributed by atoms with van der Waals surface area (Å²) in [6, 6.07) is 15.5. The van der Waals surface area contributed by atoms with Gasteiger partial charge in [-0.25, -0.2) is 4.98 Å². The summed E-state index contributed by atoms with van der Waals surface area (Å²) < 4.78 is 6.55. The standard InChI is InChI=1S/C23H21ClN4O2S/c24-17-7-5-15(6-8-17)22-26-20(30-27-22)9-10-21(29)28-13-11-16(12-14-28)23-25-18-3-1-2-4-19(18)31-23/h1-8,16H,9-14H2. The van der Waals surface area contributed by atoms with Gasteiger partial charge in [0.05, 0.1) is 15.2 Å². The van der Waals surface area contributed by atoms with Crippen LogP contribution < -0.4 is 0 Å². The van der Waals surface area contributed by atoms with Gasteiger partial charge in [-0.05, 0) is 49.2 Å². The van der Waals surface area contributed by atoms with Crippen LogP contribution in [0, 0.1) is 0 Å². The molecular formula is C23H21ClN4O2S. The van der Waals surface area contributed by atoms with Gasteiger partial charge in [0.25, 0.3) is 0 Å². The Morgan fingerprint density at radius 3 is 2.65 bits per heavy atom. The molecule has 0 unspecified atom stereocenters. The smallest absolute Gasteiger partial charge is 0.227 e. The van der Waals surface area contributed by atoms with E-state index in [-0.39, 0.29) is 5.91 Å². The number of halogens is 1. The van der Waals surface area contributed by atoms with Gasteiger partial charge in [0.2, 0.25) is 17.6 Å². The van der Waals surface area contributed by atoms with Crippen molar-refractivity contribution in [1.29, 1.82) is 0 Å². The van der Waals surface area contributed by atoms with Crippen LogP contribution in [0.4, 0.5) is 0 Å². The first-order valence-electron chi connectivity index (χ1n) is 10.4. The average molecular weight is 453 g/mol. The molecule has 2 aromatic carbocycles. The molecule has 0 bridgehead atoms. The maximum atomic E-state index is 12.7. The van der Waals surface area contributed by atoms with Crippen molar-refractivity contribution in [2.75, 3.05) is 13.1 Å². The number of piperidine rings is 1. The number of para-hydroxylation sites is 1. The SMILES string of the molecule is O=C(CCc1nc(-c2ccc(Cl)cc2)no1)N1CCC(c2nc3ccccc3s2)CC1. The molecule has 4 aromatic rings. The van der Waals surface area contributed by atoms with Gasteiger partial charge in [-0.15, -0.1) is 11.3 Å². The molecule has 1 amide bonds. The van der Waals surface area contributed by atoms with Crippen LogP contribution in [-0.4, -0.2) is 39.0 Å². The van der Waals surface area contributed by atoms with E-state index in [1.165, 1.54) is 9.71 Å². The van der Waals surface area contributed by atoms with Gasteiger partial charge in [-0.2, -0.15) is 4.98 Å². The molecular weight excluding hydrogens is 432 g/mol. The van der Waals surface area contributed by atoms with Gasteiger partial charge in [-0.1, -0.05) is 28.9 Å². The van der Waals surface area contributed by atoms with Crippen LogP contribution >= 0.6 is 22.9 Å². The summed E-state index contributed by atoms with van der Waals surface area (Å²) in [6.07, 6.45) is 2.71. The van der Waals surface area contributed by atoms with Crippen molar-refractivity contribution in [3.05, 3.63) is 64.5 Å². The first-order chi connectivity index (χ1) is 15.2. The third-order valence-electron chi connectivity index (χ3n) is 5.63. The zero-order chi connectivity index (χ0) is 21.2. The highest BCUT2D eigenvalue weighted by molar-refractivity contribution is 7.18. The maximum Gasteiger partial charge on any atom is 0.227 e. The number of thiazole rings is 1. The number of aromatic nitrogens is 3. The van der Waals surface area contributed by atoms with Crippen LogP contribution in [0.5, 0.6) is 0 Å². The van der Waals surface area contributed by atoms with Gasteiger partial charge in [0.1, 0.15) is 0 Å². The lowest BCUT2D eigenvalue weighted by atomic mass is 9.97. The Labute approximate surface area is 188 Å². The van der Waals surface area contributed by atoms with Gasteiger partial charge in [0.15, 0.2) is 0 Å². The Bertz CT molecular complexity index is 1160. The summed E-state index contributed by atoms with van der Waals surface area (Å²) in [7, 11) is 0. The molecule has 0 N–H and O–H groups in total. The van der Waals surface area contributed by atoms with Crippen molar-refractivity contribution in [3.8, 4) is 11.4 Å². The predicted octanol–water partition coefficient (Wildman–Crippen LogP) is 5.34. The molecule has 1 aliphatic rings. The van der Waals surface area contributed by atoms with Crippen molar-refractivity contribution < 1.29 is 9.32 Å². The Morgan fingerprint density at radius 1 is 1.10 bits per heavy atom. The number of aryl methyl sites for hydroxylation is 1. The van der Waals surface area contributed by atoms with Gasteiger partial charge in [-0.3, -0.25) is 4.79 Å². The average Bonchev–Trinajstić information content (AvgIpc) is 3.45. The maximum absolute atomic E-state index is 12.7. The van der Waals surface area contributed by atoms with Crippen LogP contribution in [0.2, 0.25) is 5.02 Å². The first kappa shape index (κ1) is 20.2. The molecule has 1 aliphatic heterocycles. The number of carbonyl (C=O) groups is 1. The first-order valence-corrected chi connectivity index (χ1v) is 11.6. The molecule has 1 saturated heterocycles. The highest BCUT2D eigenvalue weighted by Crippen LogP contribution is 2.34. The molecule has 3 heterocycles. The van der Waals surface area contributed by atoms with Gasteiger partial charge >= 0.3 is 0 Å². The third kappa shape index (κ3) is 4.48. The van der Waals surface area contributed by atoms with Gasteiger partial charge in [0, 0.05) is 42.4 Å². The Hall–Kier alpha value is -2.77. The lowest BCUT2D eigenvalue weighted by molar-refractivity contribution is -0.132. The largest absolute Gasteiger partial charge is 0.343 e. The van der Waals surface area contributed by atoms with Crippen LogP contribution in [0.25, 0.3) is 21.6 Å². The quantitative estimate of drug-likeness (QED) is 0.408. The van der Waals surface area contributed by atoms with E-state index in [1.807, 2.05) is 29.2 Å². The fourth-order valence-electron chi connectivity index (χ4n) is 3.89. The molecule has 0 atom stereocenters. The molecule has 6 nitrogen and oxygen atoms in total. The number of rotatable bonds is 5. The minimum absolute atomic E-state index is 0.133. The minimum Gasteiger partial charge on any atom is -0.343 e. The van der Waals surface area contributed by atoms with Crippen LogP contribution in [0.3, 0.4) is 0 Å².